The Bertz CT molecular complexity index is 1090. The quantitative estimate of drug-likeness (QED) is 0.773. The number of hydrogen-bond acceptors (Lipinski definition) is 2. The maximum atomic E-state index is 13.8. The Kier molecular flexibility index (Phi) is 4.13. The summed E-state index contributed by atoms with van der Waals surface area (Å²) < 4.78 is 16.9. The number of aryl methyl sites for hydroxylation is 2. The maximum absolute atomic E-state index is 13.8. The first-order chi connectivity index (χ1) is 12.9. The number of nitrogens with zero attached hydrogens (tertiary/aromatic N) is 2. The number of aromatic nitrogens is 2. The molecule has 3 aromatic rings. The molecule has 1 aromatic heterocycles. The lowest BCUT2D eigenvalue weighted by Crippen LogP contribution is -2.43. The molecule has 0 saturated heterocycles. The summed E-state index contributed by atoms with van der Waals surface area (Å²) in [7, 11) is 3.40. The van der Waals surface area contributed by atoms with Crippen LogP contribution in [0.5, 0.6) is 0 Å². The van der Waals surface area contributed by atoms with Crippen LogP contribution in [-0.2, 0) is 19.6 Å². The van der Waals surface area contributed by atoms with Crippen LogP contribution in [0.2, 0.25) is 0 Å². The molecule has 2 aromatic carbocycles. The van der Waals surface area contributed by atoms with Gasteiger partial charge >= 0.3 is 5.69 Å². The standard InChI is InChI=1S/C21H22FN3O2/c1-24-17-9-8-14(12-18(17)25(2)20(24)27)19(26)23-21(10-3-4-11-21)15-6-5-7-16(22)13-15/h5-9,12-13H,3-4,10-11H2,1-2H3,(H,23,26). The van der Waals surface area contributed by atoms with E-state index >= 15 is 0 Å². The van der Waals surface area contributed by atoms with Gasteiger partial charge in [-0.25, -0.2) is 9.18 Å². The van der Waals surface area contributed by atoms with Gasteiger partial charge in [0.05, 0.1) is 16.6 Å². The summed E-state index contributed by atoms with van der Waals surface area (Å²) in [4.78, 5) is 25.1. The predicted octanol–water partition coefficient (Wildman–Crippen LogP) is 3.22. The van der Waals surface area contributed by atoms with Crippen molar-refractivity contribution in [2.24, 2.45) is 14.1 Å². The second kappa shape index (κ2) is 6.37. The van der Waals surface area contributed by atoms with Crippen molar-refractivity contribution in [3.63, 3.8) is 0 Å². The summed E-state index contributed by atoms with van der Waals surface area (Å²) in [6, 6.07) is 11.7. The monoisotopic (exact) mass is 367 g/mol. The zero-order valence-electron chi connectivity index (χ0n) is 15.5. The molecule has 0 bridgehead atoms. The second-order valence-corrected chi connectivity index (χ2v) is 7.36. The van der Waals surface area contributed by atoms with Crippen LogP contribution in [0.1, 0.15) is 41.6 Å². The fourth-order valence-electron chi connectivity index (χ4n) is 4.19. The summed E-state index contributed by atoms with van der Waals surface area (Å²) in [5, 5.41) is 3.16. The largest absolute Gasteiger partial charge is 0.343 e. The summed E-state index contributed by atoms with van der Waals surface area (Å²) >= 11 is 0. The minimum atomic E-state index is -0.545. The third-order valence-corrected chi connectivity index (χ3v) is 5.72. The molecule has 27 heavy (non-hydrogen) atoms. The highest BCUT2D eigenvalue weighted by molar-refractivity contribution is 5.98. The maximum Gasteiger partial charge on any atom is 0.328 e. The van der Waals surface area contributed by atoms with Gasteiger partial charge in [-0.3, -0.25) is 13.9 Å². The second-order valence-electron chi connectivity index (χ2n) is 7.36. The minimum absolute atomic E-state index is 0.130. The smallest absolute Gasteiger partial charge is 0.328 e. The van der Waals surface area contributed by atoms with E-state index in [0.717, 1.165) is 36.8 Å². The van der Waals surface area contributed by atoms with Crippen LogP contribution in [0, 0.1) is 5.82 Å². The summed E-state index contributed by atoms with van der Waals surface area (Å²) in [5.74, 6) is -0.506. The number of halogens is 1. The lowest BCUT2D eigenvalue weighted by molar-refractivity contribution is 0.0898. The highest BCUT2D eigenvalue weighted by Crippen LogP contribution is 2.39. The fraction of sp³-hybridized carbons (Fsp3) is 0.333. The number of rotatable bonds is 3. The van der Waals surface area contributed by atoms with Crippen LogP contribution in [0.3, 0.4) is 0 Å². The number of carbonyl (C=O) groups excluding carboxylic acids is 1. The van der Waals surface area contributed by atoms with Gasteiger partial charge in [-0.15, -0.1) is 0 Å². The van der Waals surface area contributed by atoms with Crippen molar-refractivity contribution in [2.75, 3.05) is 0 Å². The summed E-state index contributed by atoms with van der Waals surface area (Å²) in [5.41, 5.74) is 2.11. The average molecular weight is 367 g/mol. The van der Waals surface area contributed by atoms with E-state index in [1.54, 1.807) is 42.9 Å². The SMILES string of the molecule is Cn1c(=O)n(C)c2cc(C(=O)NC3(c4cccc(F)c4)CCCC3)ccc21. The zero-order valence-corrected chi connectivity index (χ0v) is 15.5. The van der Waals surface area contributed by atoms with Crippen LogP contribution in [0.4, 0.5) is 4.39 Å². The van der Waals surface area contributed by atoms with Crippen molar-refractivity contribution in [2.45, 2.75) is 31.2 Å². The van der Waals surface area contributed by atoms with Crippen LogP contribution < -0.4 is 11.0 Å². The molecule has 1 N–H and O–H groups in total. The molecule has 0 atom stereocenters. The number of amides is 1. The molecule has 0 aliphatic heterocycles. The predicted molar refractivity (Wildman–Crippen MR) is 102 cm³/mol. The molecule has 1 fully saturated rings. The number of benzene rings is 2. The number of nitrogens with one attached hydrogen (secondary N) is 1. The van der Waals surface area contributed by atoms with E-state index in [1.165, 1.54) is 16.7 Å². The van der Waals surface area contributed by atoms with Crippen molar-refractivity contribution in [3.8, 4) is 0 Å². The van der Waals surface area contributed by atoms with E-state index in [0.29, 0.717) is 11.1 Å². The molecule has 1 aliphatic carbocycles. The van der Waals surface area contributed by atoms with Gasteiger partial charge in [0.2, 0.25) is 0 Å². The van der Waals surface area contributed by atoms with Crippen molar-refractivity contribution >= 4 is 16.9 Å². The van der Waals surface area contributed by atoms with E-state index in [1.807, 2.05) is 6.07 Å². The molecular formula is C21H22FN3O2. The molecule has 1 aliphatic rings. The molecule has 0 spiro atoms. The van der Waals surface area contributed by atoms with Gasteiger partial charge in [0.25, 0.3) is 5.91 Å². The topological polar surface area (TPSA) is 56.0 Å². The first-order valence-corrected chi connectivity index (χ1v) is 9.15. The van der Waals surface area contributed by atoms with Crippen molar-refractivity contribution in [1.29, 1.82) is 0 Å². The minimum Gasteiger partial charge on any atom is -0.343 e. The molecule has 0 unspecified atom stereocenters. The third kappa shape index (κ3) is 2.85. The molecule has 4 rings (SSSR count). The van der Waals surface area contributed by atoms with Crippen molar-refractivity contribution in [1.82, 2.24) is 14.5 Å². The van der Waals surface area contributed by atoms with E-state index in [2.05, 4.69) is 5.32 Å². The Labute approximate surface area is 156 Å². The van der Waals surface area contributed by atoms with Crippen molar-refractivity contribution < 1.29 is 9.18 Å². The Morgan fingerprint density at radius 1 is 1.04 bits per heavy atom. The number of hydrogen-bond donors (Lipinski definition) is 1. The molecule has 6 heteroatoms. The van der Waals surface area contributed by atoms with Gasteiger partial charge in [0.1, 0.15) is 5.82 Å². The molecule has 1 saturated carbocycles. The average Bonchev–Trinajstić information content (AvgIpc) is 3.22. The molecule has 1 heterocycles. The fourth-order valence-corrected chi connectivity index (χ4v) is 4.19. The van der Waals surface area contributed by atoms with Crippen LogP contribution >= 0.6 is 0 Å². The van der Waals surface area contributed by atoms with Gasteiger partial charge in [-0.2, -0.15) is 0 Å². The number of imidazole rings is 1. The van der Waals surface area contributed by atoms with Gasteiger partial charge in [0.15, 0.2) is 0 Å². The normalized spacial score (nSPS) is 16.0. The first kappa shape index (κ1) is 17.5. The molecule has 0 radical (unpaired) electrons. The van der Waals surface area contributed by atoms with E-state index < -0.39 is 5.54 Å². The molecular weight excluding hydrogens is 345 g/mol. The summed E-state index contributed by atoms with van der Waals surface area (Å²) in [6.45, 7) is 0. The van der Waals surface area contributed by atoms with E-state index in [9.17, 15) is 14.0 Å². The molecule has 5 nitrogen and oxygen atoms in total. The highest BCUT2D eigenvalue weighted by Gasteiger charge is 2.37. The molecule has 1 amide bonds. The first-order valence-electron chi connectivity index (χ1n) is 9.15. The Hall–Kier alpha value is -2.89. The van der Waals surface area contributed by atoms with E-state index in [4.69, 9.17) is 0 Å². The van der Waals surface area contributed by atoms with Crippen LogP contribution in [-0.4, -0.2) is 15.0 Å². The Morgan fingerprint density at radius 2 is 1.74 bits per heavy atom. The van der Waals surface area contributed by atoms with Crippen LogP contribution in [0.25, 0.3) is 11.0 Å². The van der Waals surface area contributed by atoms with Crippen molar-refractivity contribution in [3.05, 3.63) is 69.9 Å². The van der Waals surface area contributed by atoms with Crippen LogP contribution in [0.15, 0.2) is 47.3 Å². The van der Waals surface area contributed by atoms with Gasteiger partial charge in [-0.05, 0) is 48.7 Å². The Morgan fingerprint density at radius 3 is 2.44 bits per heavy atom. The lowest BCUT2D eigenvalue weighted by atomic mass is 9.87. The highest BCUT2D eigenvalue weighted by atomic mass is 19.1. The lowest BCUT2D eigenvalue weighted by Gasteiger charge is -2.31. The van der Waals surface area contributed by atoms with Gasteiger partial charge < -0.3 is 5.32 Å². The van der Waals surface area contributed by atoms with E-state index in [-0.39, 0.29) is 17.4 Å². The number of fused-ring (bicyclic) bond motifs is 1. The van der Waals surface area contributed by atoms with Gasteiger partial charge in [0, 0.05) is 19.7 Å². The molecule has 140 valence electrons. The third-order valence-electron chi connectivity index (χ3n) is 5.72. The zero-order chi connectivity index (χ0) is 19.2. The Balaban J connectivity index is 1.71. The summed E-state index contributed by atoms with van der Waals surface area (Å²) in [6.07, 6.45) is 3.55. The van der Waals surface area contributed by atoms with Gasteiger partial charge in [-0.1, -0.05) is 25.0 Å². The number of carbonyl (C=O) groups is 1.